The fourth-order valence-corrected chi connectivity index (χ4v) is 5.95. The van der Waals surface area contributed by atoms with E-state index in [1.165, 1.54) is 0 Å². The predicted octanol–water partition coefficient (Wildman–Crippen LogP) is 3.92. The Morgan fingerprint density at radius 2 is 1.85 bits per heavy atom. The molecule has 2 saturated heterocycles. The minimum atomic E-state index is -0.342. The molecule has 11 heteroatoms. The molecule has 0 atom stereocenters. The summed E-state index contributed by atoms with van der Waals surface area (Å²) in [4.78, 5) is 40.6. The van der Waals surface area contributed by atoms with Crippen molar-refractivity contribution in [2.45, 2.75) is 58.0 Å². The maximum atomic E-state index is 13.2. The number of ether oxygens (including phenoxy) is 1. The van der Waals surface area contributed by atoms with Crippen LogP contribution < -0.4 is 15.8 Å². The van der Waals surface area contributed by atoms with Gasteiger partial charge < -0.3 is 20.7 Å². The standard InChI is InChI=1S/C30H36N6O4S/c1-19(2)29-33-34-30(41-29)20-7-9-24(10-8-20)40-25-16-21(5-6-22(25)17-36-13-3-4-27(36)38)28(39)32-23-11-14-35(15-12-23)18-26(31)37/h5-10,16,19,23H,3-4,11-15,17-18H2,1-2H3,(H2,31,37)(H,32,39). The van der Waals surface area contributed by atoms with Gasteiger partial charge in [0.05, 0.1) is 6.54 Å². The summed E-state index contributed by atoms with van der Waals surface area (Å²) in [5.41, 5.74) is 7.60. The number of primary amides is 1. The number of nitrogens with zero attached hydrogens (tertiary/aromatic N) is 4. The zero-order chi connectivity index (χ0) is 28.9. The number of nitrogens with two attached hydrogens (primary N) is 1. The fourth-order valence-electron chi connectivity index (χ4n) is 5.10. The zero-order valence-electron chi connectivity index (χ0n) is 23.5. The molecule has 0 saturated carbocycles. The Morgan fingerprint density at radius 1 is 1.10 bits per heavy atom. The smallest absolute Gasteiger partial charge is 0.251 e. The van der Waals surface area contributed by atoms with E-state index in [1.54, 1.807) is 23.5 Å². The molecule has 3 amide bonds. The Balaban J connectivity index is 1.31. The highest BCUT2D eigenvalue weighted by molar-refractivity contribution is 7.14. The van der Waals surface area contributed by atoms with E-state index in [-0.39, 0.29) is 30.3 Å². The molecule has 0 aliphatic carbocycles. The minimum absolute atomic E-state index is 0.0157. The number of aromatic nitrogens is 2. The zero-order valence-corrected chi connectivity index (χ0v) is 24.3. The van der Waals surface area contributed by atoms with Gasteiger partial charge in [-0.2, -0.15) is 0 Å². The van der Waals surface area contributed by atoms with Gasteiger partial charge in [0.2, 0.25) is 11.8 Å². The average Bonchev–Trinajstić information content (AvgIpc) is 3.60. The summed E-state index contributed by atoms with van der Waals surface area (Å²) < 4.78 is 6.32. The summed E-state index contributed by atoms with van der Waals surface area (Å²) in [5, 5.41) is 13.6. The normalized spacial score (nSPS) is 16.4. The van der Waals surface area contributed by atoms with Crippen LogP contribution in [-0.2, 0) is 16.1 Å². The fraction of sp³-hybridized carbons (Fsp3) is 0.433. The van der Waals surface area contributed by atoms with Gasteiger partial charge in [0, 0.05) is 61.2 Å². The molecule has 0 radical (unpaired) electrons. The summed E-state index contributed by atoms with van der Waals surface area (Å²) in [6.45, 7) is 6.98. The van der Waals surface area contributed by atoms with Crippen LogP contribution in [0.1, 0.15) is 66.4 Å². The molecule has 2 aliphatic heterocycles. The Kier molecular flexibility index (Phi) is 8.94. The van der Waals surface area contributed by atoms with Gasteiger partial charge in [0.1, 0.15) is 21.5 Å². The molecule has 3 heterocycles. The first kappa shape index (κ1) is 28.7. The van der Waals surface area contributed by atoms with Crippen molar-refractivity contribution >= 4 is 29.1 Å². The van der Waals surface area contributed by atoms with E-state index < -0.39 is 0 Å². The van der Waals surface area contributed by atoms with E-state index in [1.807, 2.05) is 40.1 Å². The van der Waals surface area contributed by atoms with Crippen molar-refractivity contribution in [2.75, 3.05) is 26.2 Å². The number of nitrogens with one attached hydrogen (secondary N) is 1. The summed E-state index contributed by atoms with van der Waals surface area (Å²) >= 11 is 1.58. The van der Waals surface area contributed by atoms with Gasteiger partial charge in [-0.25, -0.2) is 0 Å². The molecule has 0 spiro atoms. The largest absolute Gasteiger partial charge is 0.457 e. The number of amides is 3. The Bertz CT molecular complexity index is 1400. The molecule has 5 rings (SSSR count). The second-order valence-corrected chi connectivity index (χ2v) is 12.0. The number of hydrogen-bond donors (Lipinski definition) is 2. The molecule has 2 aromatic carbocycles. The molecular formula is C30H36N6O4S. The third kappa shape index (κ3) is 7.28. The highest BCUT2D eigenvalue weighted by atomic mass is 32.1. The third-order valence-corrected chi connectivity index (χ3v) is 8.70. The van der Waals surface area contributed by atoms with Gasteiger partial charge >= 0.3 is 0 Å². The monoisotopic (exact) mass is 576 g/mol. The lowest BCUT2D eigenvalue weighted by Gasteiger charge is -2.31. The predicted molar refractivity (Wildman–Crippen MR) is 157 cm³/mol. The number of rotatable bonds is 10. The van der Waals surface area contributed by atoms with Crippen LogP contribution in [0.2, 0.25) is 0 Å². The van der Waals surface area contributed by atoms with Crippen LogP contribution in [0.3, 0.4) is 0 Å². The molecule has 2 fully saturated rings. The van der Waals surface area contributed by atoms with Crippen LogP contribution >= 0.6 is 11.3 Å². The van der Waals surface area contributed by atoms with Crippen molar-refractivity contribution in [3.8, 4) is 22.1 Å². The van der Waals surface area contributed by atoms with E-state index in [0.717, 1.165) is 40.4 Å². The van der Waals surface area contributed by atoms with Crippen LogP contribution in [0.5, 0.6) is 11.5 Å². The van der Waals surface area contributed by atoms with Crippen LogP contribution in [0.15, 0.2) is 42.5 Å². The molecule has 0 bridgehead atoms. The van der Waals surface area contributed by atoms with Gasteiger partial charge in [0.15, 0.2) is 0 Å². The lowest BCUT2D eigenvalue weighted by atomic mass is 10.0. The van der Waals surface area contributed by atoms with Crippen molar-refractivity contribution < 1.29 is 19.1 Å². The Labute approximate surface area is 243 Å². The minimum Gasteiger partial charge on any atom is -0.457 e. The quantitative estimate of drug-likeness (QED) is 0.374. The molecule has 41 heavy (non-hydrogen) atoms. The maximum Gasteiger partial charge on any atom is 0.251 e. The maximum absolute atomic E-state index is 13.2. The van der Waals surface area contributed by atoms with Crippen molar-refractivity contribution in [1.82, 2.24) is 25.3 Å². The van der Waals surface area contributed by atoms with Crippen LogP contribution in [0.4, 0.5) is 0 Å². The van der Waals surface area contributed by atoms with Crippen molar-refractivity contribution in [3.05, 3.63) is 58.6 Å². The number of carbonyl (C=O) groups excluding carboxylic acids is 3. The first-order valence-corrected chi connectivity index (χ1v) is 14.9. The second-order valence-electron chi connectivity index (χ2n) is 11.0. The lowest BCUT2D eigenvalue weighted by Crippen LogP contribution is -2.46. The molecule has 216 valence electrons. The lowest BCUT2D eigenvalue weighted by molar-refractivity contribution is -0.128. The summed E-state index contributed by atoms with van der Waals surface area (Å²) in [7, 11) is 0. The number of likely N-dealkylation sites (tertiary alicyclic amines) is 2. The van der Waals surface area contributed by atoms with Crippen LogP contribution in [0.25, 0.3) is 10.6 Å². The number of piperidine rings is 1. The molecule has 10 nitrogen and oxygen atoms in total. The van der Waals surface area contributed by atoms with E-state index in [0.29, 0.717) is 55.6 Å². The highest BCUT2D eigenvalue weighted by Crippen LogP contribution is 2.32. The highest BCUT2D eigenvalue weighted by Gasteiger charge is 2.24. The number of carbonyl (C=O) groups is 3. The Morgan fingerprint density at radius 3 is 2.49 bits per heavy atom. The van der Waals surface area contributed by atoms with E-state index in [4.69, 9.17) is 10.5 Å². The first-order valence-electron chi connectivity index (χ1n) is 14.1. The second kappa shape index (κ2) is 12.8. The van der Waals surface area contributed by atoms with Crippen molar-refractivity contribution in [2.24, 2.45) is 5.73 Å². The molecule has 0 unspecified atom stereocenters. The van der Waals surface area contributed by atoms with Gasteiger partial charge in [-0.3, -0.25) is 19.3 Å². The van der Waals surface area contributed by atoms with Gasteiger partial charge in [-0.1, -0.05) is 31.3 Å². The molecule has 1 aromatic heterocycles. The van der Waals surface area contributed by atoms with Gasteiger partial charge in [-0.05, 0) is 55.7 Å². The third-order valence-electron chi connectivity index (χ3n) is 7.43. The van der Waals surface area contributed by atoms with E-state index in [9.17, 15) is 14.4 Å². The van der Waals surface area contributed by atoms with Crippen molar-refractivity contribution in [3.63, 3.8) is 0 Å². The summed E-state index contributed by atoms with van der Waals surface area (Å²) in [6, 6.07) is 13.1. The van der Waals surface area contributed by atoms with E-state index in [2.05, 4.69) is 29.4 Å². The van der Waals surface area contributed by atoms with Gasteiger partial charge in [-0.15, -0.1) is 10.2 Å². The number of hydrogen-bond acceptors (Lipinski definition) is 8. The SMILES string of the molecule is CC(C)c1nnc(-c2ccc(Oc3cc(C(=O)NC4CCN(CC(N)=O)CC4)ccc3CN3CCCC3=O)cc2)s1. The van der Waals surface area contributed by atoms with Gasteiger partial charge in [0.25, 0.3) is 5.91 Å². The van der Waals surface area contributed by atoms with Crippen LogP contribution in [0, 0.1) is 0 Å². The Hall–Kier alpha value is -3.83. The molecule has 3 aromatic rings. The molecule has 2 aliphatic rings. The van der Waals surface area contributed by atoms with E-state index >= 15 is 0 Å². The first-order chi connectivity index (χ1) is 19.7. The topological polar surface area (TPSA) is 131 Å². The van der Waals surface area contributed by atoms with Crippen molar-refractivity contribution in [1.29, 1.82) is 0 Å². The molecular weight excluding hydrogens is 540 g/mol. The molecule has 3 N–H and O–H groups in total. The van der Waals surface area contributed by atoms with Crippen LogP contribution in [-0.4, -0.2) is 69.9 Å². The average molecular weight is 577 g/mol. The summed E-state index contributed by atoms with van der Waals surface area (Å²) in [5.74, 6) is 1.09. The number of benzene rings is 2. The summed E-state index contributed by atoms with van der Waals surface area (Å²) in [6.07, 6.45) is 2.90.